The van der Waals surface area contributed by atoms with Crippen LogP contribution in [0.3, 0.4) is 0 Å². The van der Waals surface area contributed by atoms with E-state index in [-0.39, 0.29) is 0 Å². The number of hydrogen-bond acceptors (Lipinski definition) is 0. The standard InChI is InChI=1S/C20H22/c1-16-10-8-9-15-19(16)20(17-11-4-2-5-12-17)18-13-6-3-7-14-18/h2-7,11-14,16H,8-10,15H2,1H3/t16-/m1/s1. The first-order chi connectivity index (χ1) is 9.86. The summed E-state index contributed by atoms with van der Waals surface area (Å²) in [6.07, 6.45) is 5.29. The van der Waals surface area contributed by atoms with E-state index in [1.54, 1.807) is 5.57 Å². The minimum atomic E-state index is 0.708. The van der Waals surface area contributed by atoms with Crippen LogP contribution in [0.1, 0.15) is 43.7 Å². The lowest BCUT2D eigenvalue weighted by molar-refractivity contribution is 0.486. The Balaban J connectivity index is 2.16. The molecule has 0 aromatic heterocycles. The van der Waals surface area contributed by atoms with Crippen LogP contribution < -0.4 is 0 Å². The molecule has 3 rings (SSSR count). The Bertz CT molecular complexity index is 536. The topological polar surface area (TPSA) is 0 Å². The van der Waals surface area contributed by atoms with E-state index in [1.807, 2.05) is 0 Å². The van der Waals surface area contributed by atoms with Crippen LogP contribution in [0.15, 0.2) is 66.2 Å². The maximum absolute atomic E-state index is 2.39. The van der Waals surface area contributed by atoms with Gasteiger partial charge in [-0.1, -0.05) is 79.6 Å². The third-order valence-electron chi connectivity index (χ3n) is 4.37. The zero-order valence-electron chi connectivity index (χ0n) is 12.2. The monoisotopic (exact) mass is 262 g/mol. The largest absolute Gasteiger partial charge is 0.0622 e. The molecule has 0 radical (unpaired) electrons. The Hall–Kier alpha value is -1.82. The van der Waals surface area contributed by atoms with Crippen molar-refractivity contribution in [3.8, 4) is 0 Å². The molecular weight excluding hydrogens is 240 g/mol. The minimum Gasteiger partial charge on any atom is -0.0622 e. The molecule has 0 aliphatic heterocycles. The van der Waals surface area contributed by atoms with Crippen LogP contribution in [0.4, 0.5) is 0 Å². The van der Waals surface area contributed by atoms with Gasteiger partial charge in [0.25, 0.3) is 0 Å². The normalized spacial score (nSPS) is 18.9. The maximum Gasteiger partial charge on any atom is -0.0117 e. The zero-order chi connectivity index (χ0) is 13.8. The average Bonchev–Trinajstić information content (AvgIpc) is 2.52. The molecule has 1 saturated carbocycles. The smallest absolute Gasteiger partial charge is 0.0117 e. The molecule has 0 nitrogen and oxygen atoms in total. The van der Waals surface area contributed by atoms with Crippen LogP contribution in [-0.2, 0) is 0 Å². The fourth-order valence-corrected chi connectivity index (χ4v) is 3.31. The molecule has 102 valence electrons. The SMILES string of the molecule is C[C@@H]1CCCCC1=C(c1ccccc1)c1ccccc1. The first-order valence-corrected chi connectivity index (χ1v) is 7.70. The summed E-state index contributed by atoms with van der Waals surface area (Å²) in [5.74, 6) is 0.708. The molecule has 20 heavy (non-hydrogen) atoms. The van der Waals surface area contributed by atoms with Gasteiger partial charge in [-0.05, 0) is 41.9 Å². The van der Waals surface area contributed by atoms with Crippen LogP contribution in [0.5, 0.6) is 0 Å². The average molecular weight is 262 g/mol. The first kappa shape index (κ1) is 13.2. The predicted molar refractivity (Wildman–Crippen MR) is 86.5 cm³/mol. The van der Waals surface area contributed by atoms with Crippen molar-refractivity contribution >= 4 is 5.57 Å². The molecule has 0 unspecified atom stereocenters. The number of rotatable bonds is 2. The second-order valence-corrected chi connectivity index (χ2v) is 5.78. The minimum absolute atomic E-state index is 0.708. The lowest BCUT2D eigenvalue weighted by atomic mass is 9.79. The number of hydrogen-bond donors (Lipinski definition) is 0. The van der Waals surface area contributed by atoms with Crippen molar-refractivity contribution in [2.24, 2.45) is 5.92 Å². The van der Waals surface area contributed by atoms with Crippen LogP contribution in [0, 0.1) is 5.92 Å². The van der Waals surface area contributed by atoms with Gasteiger partial charge in [0, 0.05) is 0 Å². The van der Waals surface area contributed by atoms with E-state index in [0.717, 1.165) is 0 Å². The van der Waals surface area contributed by atoms with Gasteiger partial charge >= 0.3 is 0 Å². The summed E-state index contributed by atoms with van der Waals surface area (Å²) in [5.41, 5.74) is 5.84. The fourth-order valence-electron chi connectivity index (χ4n) is 3.31. The van der Waals surface area contributed by atoms with Gasteiger partial charge in [0.1, 0.15) is 0 Å². The molecule has 1 fully saturated rings. The van der Waals surface area contributed by atoms with Gasteiger partial charge in [-0.3, -0.25) is 0 Å². The lowest BCUT2D eigenvalue weighted by Crippen LogP contribution is -2.09. The highest BCUT2D eigenvalue weighted by atomic mass is 14.2. The van der Waals surface area contributed by atoms with Crippen molar-refractivity contribution in [3.63, 3.8) is 0 Å². The second-order valence-electron chi connectivity index (χ2n) is 5.78. The van der Waals surface area contributed by atoms with Gasteiger partial charge in [-0.15, -0.1) is 0 Å². The van der Waals surface area contributed by atoms with Gasteiger partial charge in [-0.25, -0.2) is 0 Å². The van der Waals surface area contributed by atoms with E-state index in [9.17, 15) is 0 Å². The lowest BCUT2D eigenvalue weighted by Gasteiger charge is -2.26. The maximum atomic E-state index is 2.39. The molecule has 0 bridgehead atoms. The van der Waals surface area contributed by atoms with Gasteiger partial charge < -0.3 is 0 Å². The van der Waals surface area contributed by atoms with Crippen LogP contribution in [0.25, 0.3) is 5.57 Å². The third-order valence-corrected chi connectivity index (χ3v) is 4.37. The summed E-state index contributed by atoms with van der Waals surface area (Å²) in [6.45, 7) is 2.39. The van der Waals surface area contributed by atoms with Crippen LogP contribution in [-0.4, -0.2) is 0 Å². The van der Waals surface area contributed by atoms with E-state index >= 15 is 0 Å². The summed E-state index contributed by atoms with van der Waals surface area (Å²) >= 11 is 0. The molecule has 0 spiro atoms. The van der Waals surface area contributed by atoms with Crippen LogP contribution >= 0.6 is 0 Å². The van der Waals surface area contributed by atoms with Crippen molar-refractivity contribution in [3.05, 3.63) is 77.4 Å². The Kier molecular flexibility index (Phi) is 4.01. The van der Waals surface area contributed by atoms with Crippen molar-refractivity contribution in [2.45, 2.75) is 32.6 Å². The summed E-state index contributed by atoms with van der Waals surface area (Å²) in [7, 11) is 0. The Labute approximate surface area is 122 Å². The van der Waals surface area contributed by atoms with E-state index in [0.29, 0.717) is 5.92 Å². The van der Waals surface area contributed by atoms with E-state index in [1.165, 1.54) is 42.4 Å². The van der Waals surface area contributed by atoms with E-state index < -0.39 is 0 Å². The number of benzene rings is 2. The molecular formula is C20H22. The molecule has 0 heterocycles. The summed E-state index contributed by atoms with van der Waals surface area (Å²) in [4.78, 5) is 0. The van der Waals surface area contributed by atoms with Gasteiger partial charge in [-0.2, -0.15) is 0 Å². The van der Waals surface area contributed by atoms with Crippen molar-refractivity contribution in [2.75, 3.05) is 0 Å². The summed E-state index contributed by atoms with van der Waals surface area (Å²) < 4.78 is 0. The molecule has 0 heteroatoms. The highest BCUT2D eigenvalue weighted by molar-refractivity contribution is 5.82. The second kappa shape index (κ2) is 6.09. The molecule has 0 saturated heterocycles. The van der Waals surface area contributed by atoms with Gasteiger partial charge in [0.05, 0.1) is 0 Å². The Morgan fingerprint density at radius 3 is 1.85 bits per heavy atom. The molecule has 0 amide bonds. The quantitative estimate of drug-likeness (QED) is 0.651. The summed E-state index contributed by atoms with van der Waals surface area (Å²) in [6, 6.07) is 21.8. The Morgan fingerprint density at radius 2 is 1.35 bits per heavy atom. The van der Waals surface area contributed by atoms with E-state index in [4.69, 9.17) is 0 Å². The van der Waals surface area contributed by atoms with Crippen molar-refractivity contribution < 1.29 is 0 Å². The Morgan fingerprint density at radius 1 is 0.800 bits per heavy atom. The van der Waals surface area contributed by atoms with Gasteiger partial charge in [0.2, 0.25) is 0 Å². The van der Waals surface area contributed by atoms with Crippen molar-refractivity contribution in [1.29, 1.82) is 0 Å². The predicted octanol–water partition coefficient (Wildman–Crippen LogP) is 5.70. The highest BCUT2D eigenvalue weighted by Gasteiger charge is 2.20. The third kappa shape index (κ3) is 2.70. The first-order valence-electron chi connectivity index (χ1n) is 7.70. The van der Waals surface area contributed by atoms with E-state index in [2.05, 4.69) is 67.6 Å². The highest BCUT2D eigenvalue weighted by Crippen LogP contribution is 2.38. The number of allylic oxidation sites excluding steroid dienone is 1. The molecule has 2 aromatic rings. The van der Waals surface area contributed by atoms with Gasteiger partial charge in [0.15, 0.2) is 0 Å². The molecule has 1 aliphatic rings. The molecule has 1 atom stereocenters. The fraction of sp³-hybridized carbons (Fsp3) is 0.300. The molecule has 2 aromatic carbocycles. The summed E-state index contributed by atoms with van der Waals surface area (Å²) in [5, 5.41) is 0. The van der Waals surface area contributed by atoms with Crippen molar-refractivity contribution in [1.82, 2.24) is 0 Å². The molecule has 1 aliphatic carbocycles. The van der Waals surface area contributed by atoms with Crippen LogP contribution in [0.2, 0.25) is 0 Å². The zero-order valence-corrected chi connectivity index (χ0v) is 12.2. The molecule has 0 N–H and O–H groups in total.